The fraction of sp³-hybridized carbons (Fsp3) is 0.571. The van der Waals surface area contributed by atoms with Crippen molar-refractivity contribution in [3.05, 3.63) is 70.6 Å². The molecule has 21 heteroatoms. The first-order valence-corrected chi connectivity index (χ1v) is 29.0. The van der Waals surface area contributed by atoms with Crippen LogP contribution in [-0.2, 0) is 30.5 Å². The van der Waals surface area contributed by atoms with Gasteiger partial charge >= 0.3 is 0 Å². The van der Waals surface area contributed by atoms with Gasteiger partial charge in [0.25, 0.3) is 5.91 Å². The Labute approximate surface area is 463 Å². The Bertz CT molecular complexity index is 2830. The number of thiazole rings is 1. The van der Waals surface area contributed by atoms with Crippen LogP contribution < -0.4 is 31.3 Å². The average Bonchev–Trinajstić information content (AvgIpc) is 4.39. The summed E-state index contributed by atoms with van der Waals surface area (Å²) in [6.45, 7) is 13.4. The van der Waals surface area contributed by atoms with E-state index in [1.54, 1.807) is 44.7 Å². The topological polar surface area (TPSA) is 225 Å². The number of ether oxygens (including phenoxy) is 1. The molecule has 9 rings (SSSR count). The van der Waals surface area contributed by atoms with Gasteiger partial charge in [0.2, 0.25) is 23.6 Å². The minimum absolute atomic E-state index is 0.0133. The van der Waals surface area contributed by atoms with Crippen molar-refractivity contribution in [2.24, 2.45) is 27.9 Å². The van der Waals surface area contributed by atoms with Crippen molar-refractivity contribution < 1.29 is 38.2 Å². The third-order valence-corrected chi connectivity index (χ3v) is 18.7. The van der Waals surface area contributed by atoms with Gasteiger partial charge in [0.05, 0.1) is 51.9 Å². The summed E-state index contributed by atoms with van der Waals surface area (Å²) in [5.74, 6) is -0.559. The molecule has 414 valence electrons. The molecule has 77 heavy (non-hydrogen) atoms. The number of nitrogens with zero attached hydrogens (tertiary/aromatic N) is 6. The zero-order valence-electron chi connectivity index (χ0n) is 44.7. The molecule has 3 aliphatic heterocycles. The number of hydrogen-bond donors (Lipinski definition) is 5. The second-order valence-corrected chi connectivity index (χ2v) is 25.4. The van der Waals surface area contributed by atoms with Crippen molar-refractivity contribution in [3.8, 4) is 16.2 Å². The standard InChI is InChI=1S/C56H72ClFN10O7S2/c1-34-46(76-33-63-34)36-11-12-37(28-62-48(70)40-27-38(69)31-68(40)49(71)47(53(2,3)4)65-51(73)56(58)17-18-56)41(26-36)75-25-7-8-35-13-21-67(22-14-35)52(74)55(15-16-55)50(72)64-39-9-6-10-42(45(39)57)77-44-30-60-43(29-61-44)66-23-19-54(5,32-59)20-24-66/h6,9-12,26,29-30,33,35,38,40,47,69H,7-8,13-25,27-28,31-32,59H2,1-5H3,(H,62,70)(H,64,72)(H,65,73)/t38?,40?,47-/m1/s1. The Hall–Kier alpha value is -5.41. The molecule has 2 aliphatic carbocycles. The van der Waals surface area contributed by atoms with Crippen molar-refractivity contribution in [2.45, 2.75) is 146 Å². The van der Waals surface area contributed by atoms with Crippen LogP contribution in [0.3, 0.4) is 0 Å². The maximum absolute atomic E-state index is 14.7. The first kappa shape index (κ1) is 56.3. The number of piperidine rings is 2. The van der Waals surface area contributed by atoms with Gasteiger partial charge < -0.3 is 46.2 Å². The number of aliphatic hydroxyl groups is 1. The zero-order valence-corrected chi connectivity index (χ0v) is 47.1. The third kappa shape index (κ3) is 12.9. The highest BCUT2D eigenvalue weighted by Crippen LogP contribution is 2.50. The van der Waals surface area contributed by atoms with Crippen LogP contribution in [-0.4, -0.2) is 129 Å². The van der Waals surface area contributed by atoms with Crippen molar-refractivity contribution in [1.82, 2.24) is 35.4 Å². The molecule has 2 aromatic heterocycles. The first-order valence-electron chi connectivity index (χ1n) is 27.0. The number of β-amino-alcohol motifs (C(OH)–C–C–N with tert-alkyl or cyclic N) is 1. The molecule has 0 radical (unpaired) electrons. The first-order chi connectivity index (χ1) is 36.7. The van der Waals surface area contributed by atoms with Crippen LogP contribution in [0.4, 0.5) is 15.9 Å². The molecule has 2 saturated carbocycles. The molecule has 2 aromatic carbocycles. The lowest BCUT2D eigenvalue weighted by Gasteiger charge is -2.39. The molecule has 6 N–H and O–H groups in total. The monoisotopic (exact) mass is 1110 g/mol. The molecule has 5 heterocycles. The number of likely N-dealkylation sites (tertiary alicyclic amines) is 2. The summed E-state index contributed by atoms with van der Waals surface area (Å²) in [4.78, 5) is 89.4. The van der Waals surface area contributed by atoms with Crippen LogP contribution in [0.25, 0.3) is 10.4 Å². The zero-order chi connectivity index (χ0) is 54.9. The lowest BCUT2D eigenvalue weighted by molar-refractivity contribution is -0.145. The van der Waals surface area contributed by atoms with E-state index in [4.69, 9.17) is 22.1 Å². The van der Waals surface area contributed by atoms with Crippen LogP contribution in [0.2, 0.25) is 5.02 Å². The largest absolute Gasteiger partial charge is 0.493 e. The Morgan fingerprint density at radius 2 is 1.73 bits per heavy atom. The van der Waals surface area contributed by atoms with E-state index in [-0.39, 0.29) is 49.6 Å². The number of alkyl halides is 1. The Morgan fingerprint density at radius 1 is 0.987 bits per heavy atom. The van der Waals surface area contributed by atoms with Crippen LogP contribution in [0.5, 0.6) is 5.75 Å². The summed E-state index contributed by atoms with van der Waals surface area (Å²) in [6.07, 6.45) is 8.96. The minimum atomic E-state index is -1.98. The van der Waals surface area contributed by atoms with E-state index in [0.29, 0.717) is 71.4 Å². The molecule has 5 aliphatic rings. The minimum Gasteiger partial charge on any atom is -0.493 e. The van der Waals surface area contributed by atoms with Crippen LogP contribution in [0.1, 0.15) is 110 Å². The number of halogens is 2. The molecular formula is C56H72ClFN10O7S2. The van der Waals surface area contributed by atoms with Gasteiger partial charge in [-0.15, -0.1) is 11.3 Å². The summed E-state index contributed by atoms with van der Waals surface area (Å²) in [7, 11) is 0. The molecule has 17 nitrogen and oxygen atoms in total. The van der Waals surface area contributed by atoms with Gasteiger partial charge in [0.15, 0.2) is 5.67 Å². The molecule has 3 saturated heterocycles. The number of benzene rings is 2. The number of aromatic nitrogens is 3. The number of carbonyl (C=O) groups is 5. The predicted octanol–water partition coefficient (Wildman–Crippen LogP) is 7.71. The number of carbonyl (C=O) groups excluding carboxylic acids is 5. The second kappa shape index (κ2) is 23.1. The van der Waals surface area contributed by atoms with Gasteiger partial charge in [0.1, 0.15) is 34.1 Å². The molecule has 2 unspecified atom stereocenters. The van der Waals surface area contributed by atoms with Gasteiger partial charge in [0, 0.05) is 56.1 Å². The summed E-state index contributed by atoms with van der Waals surface area (Å²) >= 11 is 9.77. The van der Waals surface area contributed by atoms with Crippen molar-refractivity contribution >= 4 is 75.7 Å². The van der Waals surface area contributed by atoms with Crippen LogP contribution in [0.15, 0.2) is 64.2 Å². The van der Waals surface area contributed by atoms with E-state index in [1.807, 2.05) is 42.2 Å². The van der Waals surface area contributed by atoms with Gasteiger partial charge in [-0.2, -0.15) is 0 Å². The number of hydrogen-bond acceptors (Lipinski definition) is 14. The predicted molar refractivity (Wildman–Crippen MR) is 295 cm³/mol. The van der Waals surface area contributed by atoms with Crippen LogP contribution >= 0.6 is 34.7 Å². The van der Waals surface area contributed by atoms with E-state index in [2.05, 4.69) is 42.7 Å². The maximum Gasteiger partial charge on any atom is 0.258 e. The number of aryl methyl sites for hydroxylation is 1. The SMILES string of the molecule is Cc1ncsc1-c1ccc(CNC(=O)C2CC(O)CN2C(=O)[C@@H](NC(=O)C2(F)CC2)C(C)(C)C)c(OCCCC2CCN(C(=O)C3(C(=O)Nc4cccc(Sc5cnc(N6CCC(C)(CN)CC6)cn5)c4Cl)CC3)CC2)c1. The molecule has 3 atom stereocenters. The van der Waals surface area contributed by atoms with E-state index in [9.17, 15) is 33.5 Å². The normalized spacial score (nSPS) is 21.0. The maximum atomic E-state index is 14.7. The highest BCUT2D eigenvalue weighted by atomic mass is 35.5. The number of nitrogens with two attached hydrogens (primary N) is 1. The van der Waals surface area contributed by atoms with Crippen molar-refractivity contribution in [2.75, 3.05) is 56.1 Å². The average molecular weight is 1120 g/mol. The van der Waals surface area contributed by atoms with Gasteiger partial charge in [-0.3, -0.25) is 24.0 Å². The third-order valence-electron chi connectivity index (χ3n) is 16.2. The van der Waals surface area contributed by atoms with Crippen LogP contribution in [0, 0.1) is 29.1 Å². The van der Waals surface area contributed by atoms with E-state index < -0.39 is 52.4 Å². The van der Waals surface area contributed by atoms with Crippen molar-refractivity contribution in [1.29, 1.82) is 0 Å². The highest BCUT2D eigenvalue weighted by Gasteiger charge is 2.58. The van der Waals surface area contributed by atoms with E-state index >= 15 is 0 Å². The molecule has 4 aromatic rings. The lowest BCUT2D eigenvalue weighted by Crippen LogP contribution is -2.59. The van der Waals surface area contributed by atoms with E-state index in [1.165, 1.54) is 28.0 Å². The molecular weight excluding hydrogens is 1040 g/mol. The van der Waals surface area contributed by atoms with Crippen molar-refractivity contribution in [3.63, 3.8) is 0 Å². The Morgan fingerprint density at radius 3 is 2.36 bits per heavy atom. The number of nitrogens with one attached hydrogen (secondary N) is 3. The summed E-state index contributed by atoms with van der Waals surface area (Å²) in [5.41, 5.74) is 7.02. The van der Waals surface area contributed by atoms with Gasteiger partial charge in [-0.25, -0.2) is 19.3 Å². The number of amides is 5. The molecule has 0 spiro atoms. The smallest absolute Gasteiger partial charge is 0.258 e. The Balaban J connectivity index is 0.756. The number of rotatable bonds is 19. The van der Waals surface area contributed by atoms with Gasteiger partial charge in [-0.1, -0.05) is 69.3 Å². The number of anilines is 2. The quantitative estimate of drug-likeness (QED) is 0.0449. The fourth-order valence-corrected chi connectivity index (χ4v) is 12.4. The second-order valence-electron chi connectivity index (χ2n) is 23.1. The fourth-order valence-electron chi connectivity index (χ4n) is 10.6. The lowest BCUT2D eigenvalue weighted by atomic mass is 9.80. The number of aliphatic hydroxyl groups excluding tert-OH is 1. The highest BCUT2D eigenvalue weighted by molar-refractivity contribution is 7.99. The molecule has 5 amide bonds. The summed E-state index contributed by atoms with van der Waals surface area (Å²) in [6, 6.07) is 9.14. The summed E-state index contributed by atoms with van der Waals surface area (Å²) in [5, 5.41) is 20.3. The Kier molecular flexibility index (Phi) is 16.9. The van der Waals surface area contributed by atoms with Gasteiger partial charge in [-0.05, 0) is 118 Å². The molecule has 0 bridgehead atoms. The summed E-state index contributed by atoms with van der Waals surface area (Å²) < 4.78 is 21.2. The van der Waals surface area contributed by atoms with E-state index in [0.717, 1.165) is 79.1 Å². The molecule has 5 fully saturated rings.